The molecule has 1 aliphatic rings. The van der Waals surface area contributed by atoms with Crippen LogP contribution in [0.3, 0.4) is 0 Å². The molecule has 30 heavy (non-hydrogen) atoms. The van der Waals surface area contributed by atoms with Crippen LogP contribution in [0.4, 0.5) is 5.69 Å². The summed E-state index contributed by atoms with van der Waals surface area (Å²) in [6, 6.07) is 12.5. The maximum atomic E-state index is 12.1. The lowest BCUT2D eigenvalue weighted by Crippen LogP contribution is -2.21. The highest BCUT2D eigenvalue weighted by Crippen LogP contribution is 2.34. The minimum atomic E-state index is -0.562. The zero-order valence-corrected chi connectivity index (χ0v) is 16.1. The number of rotatable bonds is 5. The fourth-order valence-electron chi connectivity index (χ4n) is 3.00. The number of nitrogens with one attached hydrogen (secondary N) is 2. The number of anilines is 1. The summed E-state index contributed by atoms with van der Waals surface area (Å²) in [6.45, 7) is 0. The molecule has 0 bridgehead atoms. The van der Waals surface area contributed by atoms with Gasteiger partial charge in [0.05, 0.1) is 0 Å². The fourth-order valence-corrected chi connectivity index (χ4v) is 3.00. The van der Waals surface area contributed by atoms with E-state index in [0.29, 0.717) is 22.6 Å². The van der Waals surface area contributed by atoms with Gasteiger partial charge in [0.25, 0.3) is 5.91 Å². The van der Waals surface area contributed by atoms with E-state index in [4.69, 9.17) is 0 Å². The van der Waals surface area contributed by atoms with Crippen LogP contribution in [0.1, 0.15) is 10.4 Å². The first-order chi connectivity index (χ1) is 14.3. The smallest absolute Gasteiger partial charge is 0.253 e. The highest BCUT2D eigenvalue weighted by atomic mass is 16.3. The van der Waals surface area contributed by atoms with Gasteiger partial charge in [0.1, 0.15) is 5.70 Å². The summed E-state index contributed by atoms with van der Waals surface area (Å²) in [5, 5.41) is 45.7. The first-order valence-electron chi connectivity index (χ1n) is 8.89. The second-order valence-corrected chi connectivity index (χ2v) is 6.86. The summed E-state index contributed by atoms with van der Waals surface area (Å²) >= 11 is 0. The van der Waals surface area contributed by atoms with Crippen LogP contribution >= 0.6 is 0 Å². The van der Waals surface area contributed by atoms with Gasteiger partial charge < -0.3 is 25.5 Å². The molecule has 0 saturated heterocycles. The summed E-state index contributed by atoms with van der Waals surface area (Å²) in [5.41, 5.74) is 3.32. The minimum absolute atomic E-state index is 0.00985. The second kappa shape index (κ2) is 7.24. The van der Waals surface area contributed by atoms with Gasteiger partial charge >= 0.3 is 0 Å². The molecule has 152 valence electrons. The standard InChI is InChI=1S/C20H18N6O4/c1-26(2)20(30)11-5-3-10(4-6-11)12-7-13(19-22-24-25-23-19)9-14(8-12)21-15-16(27)18(29)17(15)28/h3-9,21,27-29H,1-2H3,(H,22,23,24,25). The van der Waals surface area contributed by atoms with Crippen molar-refractivity contribution in [3.63, 3.8) is 0 Å². The number of aliphatic hydroxyl groups excluding tert-OH is 3. The first kappa shape index (κ1) is 19.0. The van der Waals surface area contributed by atoms with Gasteiger partial charge in [-0.25, -0.2) is 0 Å². The third-order valence-electron chi connectivity index (χ3n) is 4.60. The van der Waals surface area contributed by atoms with E-state index < -0.39 is 17.3 Å². The van der Waals surface area contributed by atoms with Crippen LogP contribution in [0.25, 0.3) is 22.5 Å². The molecule has 5 N–H and O–H groups in total. The Morgan fingerprint density at radius 2 is 1.63 bits per heavy atom. The van der Waals surface area contributed by atoms with Crippen LogP contribution in [-0.4, -0.2) is 60.8 Å². The average molecular weight is 406 g/mol. The fraction of sp³-hybridized carbons (Fsp3) is 0.100. The van der Waals surface area contributed by atoms with E-state index in [2.05, 4.69) is 25.9 Å². The molecule has 0 atom stereocenters. The Morgan fingerprint density at radius 1 is 0.933 bits per heavy atom. The Bertz CT molecular complexity index is 1180. The van der Waals surface area contributed by atoms with Crippen molar-refractivity contribution in [1.29, 1.82) is 0 Å². The number of amides is 1. The molecule has 1 aliphatic carbocycles. The van der Waals surface area contributed by atoms with E-state index >= 15 is 0 Å². The molecule has 0 saturated carbocycles. The molecule has 2 aromatic carbocycles. The van der Waals surface area contributed by atoms with E-state index in [1.165, 1.54) is 4.90 Å². The summed E-state index contributed by atoms with van der Waals surface area (Å²) in [6.07, 6.45) is 0. The Hall–Kier alpha value is -4.34. The molecule has 4 rings (SSSR count). The molecule has 0 fully saturated rings. The molecule has 0 spiro atoms. The van der Waals surface area contributed by atoms with E-state index in [-0.39, 0.29) is 11.6 Å². The topological polar surface area (TPSA) is 147 Å². The summed E-state index contributed by atoms with van der Waals surface area (Å²) < 4.78 is 0. The molecule has 0 unspecified atom stereocenters. The number of tetrazole rings is 1. The van der Waals surface area contributed by atoms with Crippen molar-refractivity contribution >= 4 is 11.6 Å². The molecule has 0 aliphatic heterocycles. The Labute approximate surface area is 170 Å². The predicted molar refractivity (Wildman–Crippen MR) is 109 cm³/mol. The number of aliphatic hydroxyl groups is 3. The van der Waals surface area contributed by atoms with Crippen molar-refractivity contribution in [3.05, 3.63) is 71.0 Å². The van der Waals surface area contributed by atoms with Crippen molar-refractivity contribution in [2.75, 3.05) is 19.4 Å². The Kier molecular flexibility index (Phi) is 4.59. The highest BCUT2D eigenvalue weighted by Gasteiger charge is 2.29. The number of carbonyl (C=O) groups is 1. The van der Waals surface area contributed by atoms with Crippen molar-refractivity contribution in [2.24, 2.45) is 0 Å². The van der Waals surface area contributed by atoms with Crippen LogP contribution in [0.15, 0.2) is 65.4 Å². The number of aromatic amines is 1. The van der Waals surface area contributed by atoms with Crippen LogP contribution in [0, 0.1) is 0 Å². The number of hydrogen-bond acceptors (Lipinski definition) is 8. The number of H-pyrrole nitrogens is 1. The third kappa shape index (κ3) is 3.30. The third-order valence-corrected chi connectivity index (χ3v) is 4.60. The monoisotopic (exact) mass is 406 g/mol. The molecule has 3 aromatic rings. The highest BCUT2D eigenvalue weighted by molar-refractivity contribution is 5.94. The molecule has 0 radical (unpaired) electrons. The minimum Gasteiger partial charge on any atom is -0.503 e. The van der Waals surface area contributed by atoms with Gasteiger partial charge in [-0.3, -0.25) is 4.79 Å². The van der Waals surface area contributed by atoms with E-state index in [9.17, 15) is 20.1 Å². The predicted octanol–water partition coefficient (Wildman–Crippen LogP) is 2.76. The van der Waals surface area contributed by atoms with E-state index in [0.717, 1.165) is 11.1 Å². The van der Waals surface area contributed by atoms with Crippen LogP contribution in [0.2, 0.25) is 0 Å². The van der Waals surface area contributed by atoms with Crippen molar-refractivity contribution in [3.8, 4) is 22.5 Å². The van der Waals surface area contributed by atoms with Gasteiger partial charge in [0, 0.05) is 30.9 Å². The van der Waals surface area contributed by atoms with Gasteiger partial charge in [0.2, 0.25) is 11.6 Å². The van der Waals surface area contributed by atoms with E-state index in [1.54, 1.807) is 38.4 Å². The maximum Gasteiger partial charge on any atom is 0.253 e. The van der Waals surface area contributed by atoms with Gasteiger partial charge in [-0.2, -0.15) is 5.21 Å². The lowest BCUT2D eigenvalue weighted by atomic mass is 9.99. The maximum absolute atomic E-state index is 12.1. The zero-order chi connectivity index (χ0) is 21.4. The lowest BCUT2D eigenvalue weighted by molar-refractivity contribution is 0.0827. The second-order valence-electron chi connectivity index (χ2n) is 6.86. The number of aromatic nitrogens is 4. The van der Waals surface area contributed by atoms with Crippen LogP contribution in [-0.2, 0) is 0 Å². The van der Waals surface area contributed by atoms with Crippen molar-refractivity contribution in [1.82, 2.24) is 25.5 Å². The summed E-state index contributed by atoms with van der Waals surface area (Å²) in [7, 11) is 3.38. The van der Waals surface area contributed by atoms with Gasteiger partial charge in [0.15, 0.2) is 11.5 Å². The lowest BCUT2D eigenvalue weighted by Gasteiger charge is -2.21. The molecule has 1 amide bonds. The molecular weight excluding hydrogens is 388 g/mol. The first-order valence-corrected chi connectivity index (χ1v) is 8.89. The van der Waals surface area contributed by atoms with Gasteiger partial charge in [-0.15, -0.1) is 10.2 Å². The summed E-state index contributed by atoms with van der Waals surface area (Å²) in [5.74, 6) is -1.16. The Morgan fingerprint density at radius 3 is 2.23 bits per heavy atom. The van der Waals surface area contributed by atoms with E-state index in [1.807, 2.05) is 18.2 Å². The Balaban J connectivity index is 1.72. The molecule has 10 heteroatoms. The molecule has 10 nitrogen and oxygen atoms in total. The molecule has 1 heterocycles. The van der Waals surface area contributed by atoms with Crippen molar-refractivity contribution in [2.45, 2.75) is 0 Å². The average Bonchev–Trinajstić information content (AvgIpc) is 3.31. The number of carbonyl (C=O) groups excluding carboxylic acids is 1. The van der Waals surface area contributed by atoms with Crippen LogP contribution < -0.4 is 5.32 Å². The summed E-state index contributed by atoms with van der Waals surface area (Å²) in [4.78, 5) is 13.6. The van der Waals surface area contributed by atoms with Gasteiger partial charge in [-0.1, -0.05) is 12.1 Å². The molecule has 1 aromatic heterocycles. The largest absolute Gasteiger partial charge is 0.503 e. The quantitative estimate of drug-likeness (QED) is 0.434. The number of hydrogen-bond donors (Lipinski definition) is 5. The van der Waals surface area contributed by atoms with Gasteiger partial charge in [-0.05, 0) is 46.7 Å². The number of benzene rings is 2. The zero-order valence-electron chi connectivity index (χ0n) is 16.1. The molecular formula is C20H18N6O4. The van der Waals surface area contributed by atoms with Crippen molar-refractivity contribution < 1.29 is 20.1 Å². The van der Waals surface area contributed by atoms with Crippen LogP contribution in [0.5, 0.6) is 0 Å². The SMILES string of the molecule is CN(C)C(=O)c1ccc(-c2cc(NC3=C(O)C(O)=C3O)cc(-c3nn[nH]n3)c2)cc1. The normalized spacial score (nSPS) is 13.3. The number of nitrogens with zero attached hydrogens (tertiary/aromatic N) is 4.